The minimum absolute atomic E-state index is 0.240. The molecule has 0 spiro atoms. The van der Waals surface area contributed by atoms with Gasteiger partial charge >= 0.3 is 0 Å². The van der Waals surface area contributed by atoms with Crippen molar-refractivity contribution >= 4 is 0 Å². The fourth-order valence-corrected chi connectivity index (χ4v) is 5.09. The summed E-state index contributed by atoms with van der Waals surface area (Å²) in [5, 5.41) is 0. The van der Waals surface area contributed by atoms with E-state index in [0.29, 0.717) is 0 Å². The first-order chi connectivity index (χ1) is 14.1. The Bertz CT molecular complexity index is 687. The van der Waals surface area contributed by atoms with Crippen LogP contribution in [0.4, 0.5) is 0 Å². The summed E-state index contributed by atoms with van der Waals surface area (Å²) >= 11 is 0. The van der Waals surface area contributed by atoms with E-state index in [-0.39, 0.29) is 5.41 Å². The Morgan fingerprint density at radius 1 is 0.586 bits per heavy atom. The molecule has 0 saturated heterocycles. The molecule has 0 heterocycles. The zero-order valence-corrected chi connectivity index (χ0v) is 20.0. The van der Waals surface area contributed by atoms with E-state index < -0.39 is 0 Å². The predicted octanol–water partition coefficient (Wildman–Crippen LogP) is 9.54. The molecule has 0 fully saturated rings. The zero-order chi connectivity index (χ0) is 21.3. The van der Waals surface area contributed by atoms with Gasteiger partial charge in [0.2, 0.25) is 0 Å². The van der Waals surface area contributed by atoms with E-state index in [1.54, 1.807) is 11.1 Å². The number of hydrogen-bond acceptors (Lipinski definition) is 0. The van der Waals surface area contributed by atoms with E-state index in [4.69, 9.17) is 0 Å². The van der Waals surface area contributed by atoms with Gasteiger partial charge in [0.25, 0.3) is 0 Å². The number of unbranched alkanes of at least 4 members (excludes halogenated alkanes) is 6. The monoisotopic (exact) mass is 392 g/mol. The number of rotatable bonds is 10. The largest absolute Gasteiger partial charge is 0.0683 e. The molecule has 0 unspecified atom stereocenters. The Hall–Kier alpha value is -1.56. The van der Waals surface area contributed by atoms with Gasteiger partial charge in [0.1, 0.15) is 0 Å². The predicted molar refractivity (Wildman–Crippen MR) is 131 cm³/mol. The maximum atomic E-state index is 2.50. The van der Waals surface area contributed by atoms with Crippen LogP contribution in [0.5, 0.6) is 0 Å². The Morgan fingerprint density at radius 3 is 1.38 bits per heavy atom. The lowest BCUT2D eigenvalue weighted by atomic mass is 9.70. The van der Waals surface area contributed by atoms with Crippen LogP contribution in [0.15, 0.2) is 36.4 Å². The first kappa shape index (κ1) is 23.7. The first-order valence-corrected chi connectivity index (χ1v) is 12.3. The van der Waals surface area contributed by atoms with Gasteiger partial charge in [0.05, 0.1) is 0 Å². The van der Waals surface area contributed by atoms with Gasteiger partial charge in [-0.1, -0.05) is 127 Å². The third-order valence-corrected chi connectivity index (χ3v) is 6.59. The van der Waals surface area contributed by atoms with E-state index in [0.717, 1.165) is 0 Å². The number of aryl methyl sites for hydroxylation is 2. The average molecular weight is 393 g/mol. The molecule has 29 heavy (non-hydrogen) atoms. The normalized spacial score (nSPS) is 13.4. The Kier molecular flexibility index (Phi) is 9.47. The molecular weight excluding hydrogens is 348 g/mol. The molecule has 0 heteroatoms. The maximum absolute atomic E-state index is 2.50. The number of benzene rings is 2. The third kappa shape index (κ3) is 5.33. The third-order valence-electron chi connectivity index (χ3n) is 6.59. The fourth-order valence-electron chi connectivity index (χ4n) is 5.09. The average Bonchev–Trinajstić information content (AvgIpc) is 2.99. The summed E-state index contributed by atoms with van der Waals surface area (Å²) in [5.74, 6) is 0. The molecule has 0 atom stereocenters. The summed E-state index contributed by atoms with van der Waals surface area (Å²) in [7, 11) is 0. The molecule has 0 amide bonds. The van der Waals surface area contributed by atoms with Gasteiger partial charge in [-0.05, 0) is 48.9 Å². The summed E-state index contributed by atoms with van der Waals surface area (Å²) in [4.78, 5) is 0. The molecule has 160 valence electrons. The molecule has 0 bridgehead atoms. The van der Waals surface area contributed by atoms with Gasteiger partial charge in [0, 0.05) is 5.41 Å². The highest BCUT2D eigenvalue weighted by Crippen LogP contribution is 2.54. The highest BCUT2D eigenvalue weighted by atomic mass is 14.4. The zero-order valence-electron chi connectivity index (χ0n) is 20.0. The van der Waals surface area contributed by atoms with Crippen LogP contribution in [0.2, 0.25) is 0 Å². The van der Waals surface area contributed by atoms with Crippen molar-refractivity contribution in [1.82, 2.24) is 0 Å². The van der Waals surface area contributed by atoms with Gasteiger partial charge < -0.3 is 0 Å². The van der Waals surface area contributed by atoms with Crippen molar-refractivity contribution in [2.75, 3.05) is 0 Å². The van der Waals surface area contributed by atoms with Gasteiger partial charge in [-0.15, -0.1) is 0 Å². The van der Waals surface area contributed by atoms with Crippen LogP contribution in [0.3, 0.4) is 0 Å². The molecule has 2 aromatic rings. The molecule has 0 N–H and O–H groups in total. The second kappa shape index (κ2) is 11.6. The molecule has 0 nitrogen and oxygen atoms in total. The van der Waals surface area contributed by atoms with E-state index in [2.05, 4.69) is 64.1 Å². The molecule has 2 aromatic carbocycles. The summed E-state index contributed by atoms with van der Waals surface area (Å²) in [6, 6.07) is 14.4. The Labute approximate surface area is 181 Å². The first-order valence-electron chi connectivity index (χ1n) is 12.3. The van der Waals surface area contributed by atoms with Crippen molar-refractivity contribution in [3.8, 4) is 11.1 Å². The molecule has 0 aliphatic heterocycles. The van der Waals surface area contributed by atoms with Crippen LogP contribution >= 0.6 is 0 Å². The van der Waals surface area contributed by atoms with E-state index in [1.165, 1.54) is 86.5 Å². The summed E-state index contributed by atoms with van der Waals surface area (Å²) in [6.45, 7) is 13.1. The Balaban J connectivity index is 0.00000145. The lowest BCUT2D eigenvalue weighted by Crippen LogP contribution is -2.25. The summed E-state index contributed by atoms with van der Waals surface area (Å²) in [6.07, 6.45) is 13.4. The van der Waals surface area contributed by atoms with Crippen LogP contribution in [0.25, 0.3) is 11.1 Å². The van der Waals surface area contributed by atoms with Crippen molar-refractivity contribution in [3.05, 3.63) is 58.7 Å². The minimum Gasteiger partial charge on any atom is -0.0683 e. The topological polar surface area (TPSA) is 0 Å². The minimum atomic E-state index is 0.240. The number of hydrogen-bond donors (Lipinski definition) is 0. The van der Waals surface area contributed by atoms with E-state index in [1.807, 2.05) is 13.8 Å². The molecule has 1 aliphatic carbocycles. The highest BCUT2D eigenvalue weighted by Gasteiger charge is 2.42. The second-order valence-electron chi connectivity index (χ2n) is 8.80. The quantitative estimate of drug-likeness (QED) is 0.353. The standard InChI is InChI=1S/C27H38.C2H6/c1-5-7-9-11-17-27(18-12-10-8-6-2)25-19-21(3)13-15-23(25)24-16-14-22(4)20-26(24)27;1-2/h13-16,19-20H,5-12,17-18H2,1-4H3;1-2H3. The lowest BCUT2D eigenvalue weighted by molar-refractivity contribution is 0.400. The molecular formula is C29H44. The van der Waals surface area contributed by atoms with Crippen LogP contribution in [0, 0.1) is 13.8 Å². The van der Waals surface area contributed by atoms with Crippen molar-refractivity contribution < 1.29 is 0 Å². The van der Waals surface area contributed by atoms with Crippen LogP contribution < -0.4 is 0 Å². The van der Waals surface area contributed by atoms with Crippen molar-refractivity contribution in [2.24, 2.45) is 0 Å². The lowest BCUT2D eigenvalue weighted by Gasteiger charge is -2.33. The second-order valence-corrected chi connectivity index (χ2v) is 8.80. The molecule has 0 radical (unpaired) electrons. The SMILES string of the molecule is CC.CCCCCCC1(CCCCCC)c2cc(C)ccc2-c2ccc(C)cc21. The van der Waals surface area contributed by atoms with Gasteiger partial charge in [0.15, 0.2) is 0 Å². The maximum Gasteiger partial charge on any atom is 0.0215 e. The highest BCUT2D eigenvalue weighted by molar-refractivity contribution is 5.81. The van der Waals surface area contributed by atoms with Gasteiger partial charge in [-0.2, -0.15) is 0 Å². The van der Waals surface area contributed by atoms with Crippen LogP contribution in [-0.2, 0) is 5.41 Å². The molecule has 3 rings (SSSR count). The molecule has 0 aromatic heterocycles. The van der Waals surface area contributed by atoms with Crippen LogP contribution in [0.1, 0.15) is 114 Å². The van der Waals surface area contributed by atoms with E-state index in [9.17, 15) is 0 Å². The summed E-state index contributed by atoms with van der Waals surface area (Å²) in [5.41, 5.74) is 9.30. The van der Waals surface area contributed by atoms with Crippen molar-refractivity contribution in [3.63, 3.8) is 0 Å². The van der Waals surface area contributed by atoms with Gasteiger partial charge in [-0.3, -0.25) is 0 Å². The van der Waals surface area contributed by atoms with Gasteiger partial charge in [-0.25, -0.2) is 0 Å². The number of fused-ring (bicyclic) bond motifs is 3. The molecule has 0 saturated carbocycles. The Morgan fingerprint density at radius 2 is 1.00 bits per heavy atom. The smallest absolute Gasteiger partial charge is 0.0215 e. The molecule has 1 aliphatic rings. The van der Waals surface area contributed by atoms with E-state index >= 15 is 0 Å². The fraction of sp³-hybridized carbons (Fsp3) is 0.586. The van der Waals surface area contributed by atoms with Crippen molar-refractivity contribution in [2.45, 2.75) is 111 Å². The summed E-state index contributed by atoms with van der Waals surface area (Å²) < 4.78 is 0. The van der Waals surface area contributed by atoms with Crippen molar-refractivity contribution in [1.29, 1.82) is 0 Å². The van der Waals surface area contributed by atoms with Crippen LogP contribution in [-0.4, -0.2) is 0 Å².